The Bertz CT molecular complexity index is 463. The van der Waals surface area contributed by atoms with E-state index >= 15 is 0 Å². The van der Waals surface area contributed by atoms with E-state index in [0.29, 0.717) is 12.6 Å². The fourth-order valence-electron chi connectivity index (χ4n) is 2.03. The SMILES string of the molecule is CCOC(=O)C(CCSc1cccc(OC)c1)NC1CC1. The van der Waals surface area contributed by atoms with Gasteiger partial charge in [-0.2, -0.15) is 0 Å². The Labute approximate surface area is 130 Å². The number of nitrogens with one attached hydrogen (secondary N) is 1. The predicted octanol–water partition coefficient (Wildman–Crippen LogP) is 2.86. The summed E-state index contributed by atoms with van der Waals surface area (Å²) >= 11 is 1.73. The third-order valence-corrected chi connectivity index (χ3v) is 4.33. The maximum atomic E-state index is 11.9. The molecule has 0 spiro atoms. The van der Waals surface area contributed by atoms with Gasteiger partial charge in [-0.25, -0.2) is 0 Å². The lowest BCUT2D eigenvalue weighted by Gasteiger charge is -2.16. The Morgan fingerprint density at radius 2 is 2.29 bits per heavy atom. The van der Waals surface area contributed by atoms with Crippen molar-refractivity contribution in [3.8, 4) is 5.75 Å². The Balaban J connectivity index is 1.81. The highest BCUT2D eigenvalue weighted by atomic mass is 32.2. The van der Waals surface area contributed by atoms with Gasteiger partial charge in [0.25, 0.3) is 0 Å². The summed E-state index contributed by atoms with van der Waals surface area (Å²) in [5, 5.41) is 3.37. The fourth-order valence-corrected chi connectivity index (χ4v) is 3.00. The van der Waals surface area contributed by atoms with Gasteiger partial charge in [-0.3, -0.25) is 4.79 Å². The van der Waals surface area contributed by atoms with E-state index in [1.165, 1.54) is 12.8 Å². The highest BCUT2D eigenvalue weighted by Gasteiger charge is 2.28. The molecule has 5 heteroatoms. The van der Waals surface area contributed by atoms with E-state index in [1.807, 2.05) is 25.1 Å². The molecule has 0 saturated heterocycles. The van der Waals surface area contributed by atoms with Crippen molar-refractivity contribution in [1.29, 1.82) is 0 Å². The molecule has 0 radical (unpaired) electrons. The number of rotatable bonds is 9. The molecular formula is C16H23NO3S. The van der Waals surface area contributed by atoms with Gasteiger partial charge in [-0.05, 0) is 44.4 Å². The van der Waals surface area contributed by atoms with Crippen LogP contribution >= 0.6 is 11.8 Å². The van der Waals surface area contributed by atoms with E-state index < -0.39 is 0 Å². The summed E-state index contributed by atoms with van der Waals surface area (Å²) in [5.41, 5.74) is 0. The number of esters is 1. The smallest absolute Gasteiger partial charge is 0.323 e. The lowest BCUT2D eigenvalue weighted by Crippen LogP contribution is -2.39. The second-order valence-electron chi connectivity index (χ2n) is 5.06. The summed E-state index contributed by atoms with van der Waals surface area (Å²) in [4.78, 5) is 13.1. The van der Waals surface area contributed by atoms with Crippen LogP contribution in [0.3, 0.4) is 0 Å². The minimum absolute atomic E-state index is 0.129. The van der Waals surface area contributed by atoms with Crippen LogP contribution in [0.1, 0.15) is 26.2 Å². The number of benzene rings is 1. The standard InChI is InChI=1S/C16H23NO3S/c1-3-20-16(18)15(17-12-7-8-12)9-10-21-14-6-4-5-13(11-14)19-2/h4-6,11-12,15,17H,3,7-10H2,1-2H3. The van der Waals surface area contributed by atoms with Gasteiger partial charge in [0.05, 0.1) is 13.7 Å². The van der Waals surface area contributed by atoms with Gasteiger partial charge in [-0.1, -0.05) is 6.07 Å². The van der Waals surface area contributed by atoms with Crippen molar-refractivity contribution in [2.75, 3.05) is 19.5 Å². The molecule has 1 atom stereocenters. The molecule has 2 rings (SSSR count). The van der Waals surface area contributed by atoms with Crippen LogP contribution in [0.4, 0.5) is 0 Å². The molecule has 1 saturated carbocycles. The molecule has 0 heterocycles. The Kier molecular flexibility index (Phi) is 6.39. The predicted molar refractivity (Wildman–Crippen MR) is 84.9 cm³/mol. The topological polar surface area (TPSA) is 47.6 Å². The van der Waals surface area contributed by atoms with Crippen molar-refractivity contribution < 1.29 is 14.3 Å². The van der Waals surface area contributed by atoms with Crippen molar-refractivity contribution in [2.45, 2.75) is 43.2 Å². The first-order chi connectivity index (χ1) is 10.2. The minimum Gasteiger partial charge on any atom is -0.497 e. The average molecular weight is 309 g/mol. The van der Waals surface area contributed by atoms with Gasteiger partial charge in [0.15, 0.2) is 0 Å². The summed E-state index contributed by atoms with van der Waals surface area (Å²) in [6, 6.07) is 8.29. The van der Waals surface area contributed by atoms with Gasteiger partial charge >= 0.3 is 5.97 Å². The van der Waals surface area contributed by atoms with Gasteiger partial charge < -0.3 is 14.8 Å². The maximum absolute atomic E-state index is 11.9. The van der Waals surface area contributed by atoms with Crippen LogP contribution in [0, 0.1) is 0 Å². The number of methoxy groups -OCH3 is 1. The zero-order valence-electron chi connectivity index (χ0n) is 12.6. The molecule has 21 heavy (non-hydrogen) atoms. The summed E-state index contributed by atoms with van der Waals surface area (Å²) in [5.74, 6) is 1.60. The maximum Gasteiger partial charge on any atom is 0.323 e. The molecular weight excluding hydrogens is 286 g/mol. The lowest BCUT2D eigenvalue weighted by atomic mass is 10.2. The van der Waals surface area contributed by atoms with Gasteiger partial charge in [0.2, 0.25) is 0 Å². The number of ether oxygens (including phenoxy) is 2. The first-order valence-electron chi connectivity index (χ1n) is 7.42. The fraction of sp³-hybridized carbons (Fsp3) is 0.562. The van der Waals surface area contributed by atoms with Crippen molar-refractivity contribution in [2.24, 2.45) is 0 Å². The number of thioether (sulfide) groups is 1. The van der Waals surface area contributed by atoms with Crippen LogP contribution in [0.25, 0.3) is 0 Å². The van der Waals surface area contributed by atoms with Crippen LogP contribution in [-0.2, 0) is 9.53 Å². The molecule has 0 aromatic heterocycles. The molecule has 1 aromatic rings. The summed E-state index contributed by atoms with van der Waals surface area (Å²) in [6.45, 7) is 2.28. The lowest BCUT2D eigenvalue weighted by molar-refractivity contribution is -0.145. The van der Waals surface area contributed by atoms with E-state index in [9.17, 15) is 4.79 Å². The van der Waals surface area contributed by atoms with Crippen LogP contribution in [0.2, 0.25) is 0 Å². The Morgan fingerprint density at radius 3 is 2.95 bits per heavy atom. The monoisotopic (exact) mass is 309 g/mol. The molecule has 1 aliphatic carbocycles. The first-order valence-corrected chi connectivity index (χ1v) is 8.41. The van der Waals surface area contributed by atoms with Crippen molar-refractivity contribution in [1.82, 2.24) is 5.32 Å². The van der Waals surface area contributed by atoms with E-state index in [4.69, 9.17) is 9.47 Å². The van der Waals surface area contributed by atoms with Gasteiger partial charge in [0.1, 0.15) is 11.8 Å². The normalized spacial score (nSPS) is 15.5. The summed E-state index contributed by atoms with van der Waals surface area (Å²) in [7, 11) is 1.67. The quantitative estimate of drug-likeness (QED) is 0.561. The summed E-state index contributed by atoms with van der Waals surface area (Å²) < 4.78 is 10.4. The van der Waals surface area contributed by atoms with E-state index in [1.54, 1.807) is 18.9 Å². The minimum atomic E-state index is -0.185. The number of hydrogen-bond acceptors (Lipinski definition) is 5. The second kappa shape index (κ2) is 8.29. The molecule has 1 fully saturated rings. The van der Waals surface area contributed by atoms with Crippen molar-refractivity contribution in [3.05, 3.63) is 24.3 Å². The molecule has 1 aliphatic rings. The number of hydrogen-bond donors (Lipinski definition) is 1. The third kappa shape index (κ3) is 5.59. The van der Waals surface area contributed by atoms with Crippen LogP contribution < -0.4 is 10.1 Å². The van der Waals surface area contributed by atoms with Crippen LogP contribution in [0.5, 0.6) is 5.75 Å². The molecule has 116 valence electrons. The Hall–Kier alpha value is -1.20. The molecule has 1 unspecified atom stereocenters. The Morgan fingerprint density at radius 1 is 1.48 bits per heavy atom. The zero-order chi connectivity index (χ0) is 15.1. The van der Waals surface area contributed by atoms with E-state index in [-0.39, 0.29) is 12.0 Å². The second-order valence-corrected chi connectivity index (χ2v) is 6.23. The number of carbonyl (C=O) groups is 1. The largest absolute Gasteiger partial charge is 0.497 e. The van der Waals surface area contributed by atoms with E-state index in [0.717, 1.165) is 22.8 Å². The number of carbonyl (C=O) groups excluding carboxylic acids is 1. The molecule has 0 bridgehead atoms. The molecule has 0 amide bonds. The van der Waals surface area contributed by atoms with E-state index in [2.05, 4.69) is 11.4 Å². The van der Waals surface area contributed by atoms with Gasteiger partial charge in [0, 0.05) is 16.7 Å². The molecule has 4 nitrogen and oxygen atoms in total. The average Bonchev–Trinajstić information content (AvgIpc) is 3.31. The molecule has 0 aliphatic heterocycles. The zero-order valence-corrected chi connectivity index (χ0v) is 13.4. The highest BCUT2D eigenvalue weighted by molar-refractivity contribution is 7.99. The molecule has 1 aromatic carbocycles. The third-order valence-electron chi connectivity index (χ3n) is 3.30. The molecule has 1 N–H and O–H groups in total. The van der Waals surface area contributed by atoms with Crippen molar-refractivity contribution in [3.63, 3.8) is 0 Å². The van der Waals surface area contributed by atoms with Crippen molar-refractivity contribution >= 4 is 17.7 Å². The summed E-state index contributed by atoms with van der Waals surface area (Å²) in [6.07, 6.45) is 3.11. The van der Waals surface area contributed by atoms with Crippen LogP contribution in [0.15, 0.2) is 29.2 Å². The van der Waals surface area contributed by atoms with Crippen LogP contribution in [-0.4, -0.2) is 37.5 Å². The van der Waals surface area contributed by atoms with Gasteiger partial charge in [-0.15, -0.1) is 11.8 Å². The first kappa shape index (κ1) is 16.2. The highest BCUT2D eigenvalue weighted by Crippen LogP contribution is 2.25.